The van der Waals surface area contributed by atoms with Crippen LogP contribution in [-0.4, -0.2) is 35.8 Å². The highest BCUT2D eigenvalue weighted by Gasteiger charge is 2.62. The molecule has 1 saturated carbocycles. The van der Waals surface area contributed by atoms with Gasteiger partial charge < -0.3 is 10.2 Å². The highest BCUT2D eigenvalue weighted by atomic mass is 19.1. The van der Waals surface area contributed by atoms with E-state index in [2.05, 4.69) is 43.4 Å². The molecule has 170 valence electrons. The summed E-state index contributed by atoms with van der Waals surface area (Å²) >= 11 is 0. The standard InChI is InChI=1S/C27H33FN2O2/c1-25(2)18-27(25,21-7-5-4-6-8-21)19-30(3)24(32)14-16-26(15-13-23(31)29-26)17-20-9-11-22(28)12-10-20/h4-12H,13-19H2,1-3H3,(H,29,31)/t26-,27+/m1/s1. The molecule has 1 N–H and O–H groups in total. The van der Waals surface area contributed by atoms with E-state index in [1.165, 1.54) is 17.7 Å². The lowest BCUT2D eigenvalue weighted by molar-refractivity contribution is -0.131. The zero-order valence-electron chi connectivity index (χ0n) is 19.3. The summed E-state index contributed by atoms with van der Waals surface area (Å²) in [6.45, 7) is 5.23. The smallest absolute Gasteiger partial charge is 0.222 e. The summed E-state index contributed by atoms with van der Waals surface area (Å²) in [6.07, 6.45) is 3.80. The molecule has 0 bridgehead atoms. The fraction of sp³-hybridized carbons (Fsp3) is 0.481. The number of carbonyl (C=O) groups is 2. The average molecular weight is 437 g/mol. The lowest BCUT2D eigenvalue weighted by Crippen LogP contribution is -2.45. The number of likely N-dealkylation sites (N-methyl/N-ethyl adjacent to an activating group) is 1. The van der Waals surface area contributed by atoms with Crippen LogP contribution in [0, 0.1) is 11.2 Å². The van der Waals surface area contributed by atoms with Crippen molar-refractivity contribution in [3.05, 3.63) is 71.5 Å². The van der Waals surface area contributed by atoms with Gasteiger partial charge in [0.1, 0.15) is 5.82 Å². The van der Waals surface area contributed by atoms with Crippen LogP contribution in [0.15, 0.2) is 54.6 Å². The van der Waals surface area contributed by atoms with Crippen LogP contribution in [0.4, 0.5) is 4.39 Å². The maximum atomic E-state index is 13.3. The van der Waals surface area contributed by atoms with Gasteiger partial charge in [0, 0.05) is 37.4 Å². The number of hydrogen-bond acceptors (Lipinski definition) is 2. The summed E-state index contributed by atoms with van der Waals surface area (Å²) < 4.78 is 13.3. The van der Waals surface area contributed by atoms with E-state index >= 15 is 0 Å². The minimum absolute atomic E-state index is 0.00789. The predicted molar refractivity (Wildman–Crippen MR) is 124 cm³/mol. The summed E-state index contributed by atoms with van der Waals surface area (Å²) in [5, 5.41) is 3.12. The Hall–Kier alpha value is -2.69. The Labute approximate surface area is 190 Å². The molecule has 32 heavy (non-hydrogen) atoms. The van der Waals surface area contributed by atoms with Gasteiger partial charge in [0.05, 0.1) is 0 Å². The quantitative estimate of drug-likeness (QED) is 0.656. The number of halogens is 1. The average Bonchev–Trinajstić information content (AvgIpc) is 3.13. The Morgan fingerprint density at radius 3 is 2.31 bits per heavy atom. The monoisotopic (exact) mass is 436 g/mol. The van der Waals surface area contributed by atoms with Crippen LogP contribution in [0.1, 0.15) is 57.1 Å². The van der Waals surface area contributed by atoms with Crippen LogP contribution in [0.25, 0.3) is 0 Å². The largest absolute Gasteiger partial charge is 0.350 e. The second-order valence-corrected chi connectivity index (χ2v) is 10.4. The molecule has 4 nitrogen and oxygen atoms in total. The maximum absolute atomic E-state index is 13.3. The molecule has 0 radical (unpaired) electrons. The SMILES string of the molecule is CN(C[C@]1(c2ccccc2)CC1(C)C)C(=O)CC[C@@]1(Cc2ccc(F)cc2)CCC(=O)N1. The third-order valence-corrected chi connectivity index (χ3v) is 7.68. The number of nitrogens with zero attached hydrogens (tertiary/aromatic N) is 1. The van der Waals surface area contributed by atoms with Gasteiger partial charge in [0.2, 0.25) is 11.8 Å². The molecule has 0 unspecified atom stereocenters. The van der Waals surface area contributed by atoms with Gasteiger partial charge in [-0.3, -0.25) is 9.59 Å². The van der Waals surface area contributed by atoms with Crippen LogP contribution >= 0.6 is 0 Å². The van der Waals surface area contributed by atoms with E-state index in [0.717, 1.165) is 12.0 Å². The second kappa shape index (κ2) is 8.34. The van der Waals surface area contributed by atoms with Gasteiger partial charge in [0.15, 0.2) is 0 Å². The molecule has 2 fully saturated rings. The van der Waals surface area contributed by atoms with Crippen LogP contribution < -0.4 is 5.32 Å². The van der Waals surface area contributed by atoms with Crippen molar-refractivity contribution >= 4 is 11.8 Å². The normalized spacial score (nSPS) is 25.9. The van der Waals surface area contributed by atoms with E-state index in [-0.39, 0.29) is 28.5 Å². The topological polar surface area (TPSA) is 49.4 Å². The van der Waals surface area contributed by atoms with Crippen molar-refractivity contribution in [2.45, 2.75) is 63.3 Å². The third kappa shape index (κ3) is 4.43. The molecule has 2 atom stereocenters. The highest BCUT2D eigenvalue weighted by molar-refractivity contribution is 5.80. The van der Waals surface area contributed by atoms with Gasteiger partial charge in [0.25, 0.3) is 0 Å². The molecule has 5 heteroatoms. The number of carbonyl (C=O) groups excluding carboxylic acids is 2. The minimum atomic E-state index is -0.443. The summed E-state index contributed by atoms with van der Waals surface area (Å²) in [4.78, 5) is 27.0. The van der Waals surface area contributed by atoms with Crippen LogP contribution in [0.5, 0.6) is 0 Å². The fourth-order valence-electron chi connectivity index (χ4n) is 5.53. The Morgan fingerprint density at radius 2 is 1.75 bits per heavy atom. The number of rotatable bonds is 8. The van der Waals surface area contributed by atoms with Crippen molar-refractivity contribution in [2.75, 3.05) is 13.6 Å². The molecular weight excluding hydrogens is 403 g/mol. The van der Waals surface area contributed by atoms with E-state index in [1.54, 1.807) is 12.1 Å². The Morgan fingerprint density at radius 1 is 1.09 bits per heavy atom. The van der Waals surface area contributed by atoms with Crippen molar-refractivity contribution in [2.24, 2.45) is 5.41 Å². The van der Waals surface area contributed by atoms with Gasteiger partial charge >= 0.3 is 0 Å². The molecule has 2 amide bonds. The van der Waals surface area contributed by atoms with Gasteiger partial charge in [-0.2, -0.15) is 0 Å². The number of benzene rings is 2. The molecule has 0 aromatic heterocycles. The number of nitrogens with one attached hydrogen (secondary N) is 1. The lowest BCUT2D eigenvalue weighted by Gasteiger charge is -2.31. The van der Waals surface area contributed by atoms with Crippen molar-refractivity contribution < 1.29 is 14.0 Å². The van der Waals surface area contributed by atoms with Crippen LogP contribution in [0.3, 0.4) is 0 Å². The summed E-state index contributed by atoms with van der Waals surface area (Å²) in [5.74, 6) is -0.149. The van der Waals surface area contributed by atoms with Gasteiger partial charge in [-0.1, -0.05) is 56.3 Å². The van der Waals surface area contributed by atoms with Crippen molar-refractivity contribution in [3.8, 4) is 0 Å². The summed E-state index contributed by atoms with van der Waals surface area (Å²) in [5.41, 5.74) is 1.97. The maximum Gasteiger partial charge on any atom is 0.222 e. The molecule has 1 aliphatic heterocycles. The molecule has 1 aliphatic carbocycles. The summed E-state index contributed by atoms with van der Waals surface area (Å²) in [6, 6.07) is 16.9. The lowest BCUT2D eigenvalue weighted by atomic mass is 9.84. The van der Waals surface area contributed by atoms with Crippen molar-refractivity contribution in [1.29, 1.82) is 0 Å². The molecule has 1 saturated heterocycles. The van der Waals surface area contributed by atoms with Crippen molar-refractivity contribution in [3.63, 3.8) is 0 Å². The third-order valence-electron chi connectivity index (χ3n) is 7.68. The number of amides is 2. The molecule has 0 spiro atoms. The van der Waals surface area contributed by atoms with E-state index in [1.807, 2.05) is 18.0 Å². The van der Waals surface area contributed by atoms with E-state index in [4.69, 9.17) is 0 Å². The molecule has 1 heterocycles. The predicted octanol–water partition coefficient (Wildman–Crippen LogP) is 4.62. The van der Waals surface area contributed by atoms with Crippen LogP contribution in [0.2, 0.25) is 0 Å². The first-order valence-electron chi connectivity index (χ1n) is 11.5. The fourth-order valence-corrected chi connectivity index (χ4v) is 5.53. The second-order valence-electron chi connectivity index (χ2n) is 10.4. The first-order valence-corrected chi connectivity index (χ1v) is 11.5. The van der Waals surface area contributed by atoms with E-state index in [9.17, 15) is 14.0 Å². The first-order chi connectivity index (χ1) is 15.1. The highest BCUT2D eigenvalue weighted by Crippen LogP contribution is 2.64. The van der Waals surface area contributed by atoms with Gasteiger partial charge in [-0.15, -0.1) is 0 Å². The number of hydrogen-bond donors (Lipinski definition) is 1. The molecule has 2 aliphatic rings. The van der Waals surface area contributed by atoms with Crippen molar-refractivity contribution in [1.82, 2.24) is 10.2 Å². The van der Waals surface area contributed by atoms with Gasteiger partial charge in [-0.25, -0.2) is 4.39 Å². The molecular formula is C27H33FN2O2. The molecule has 2 aromatic rings. The Bertz CT molecular complexity index is 988. The van der Waals surface area contributed by atoms with E-state index in [0.29, 0.717) is 38.6 Å². The minimum Gasteiger partial charge on any atom is -0.350 e. The van der Waals surface area contributed by atoms with Gasteiger partial charge in [-0.05, 0) is 54.4 Å². The Kier molecular flexibility index (Phi) is 5.87. The van der Waals surface area contributed by atoms with Crippen LogP contribution in [-0.2, 0) is 21.4 Å². The molecule has 4 rings (SSSR count). The first kappa shape index (κ1) is 22.5. The molecule has 2 aromatic carbocycles. The Balaban J connectivity index is 1.42. The summed E-state index contributed by atoms with van der Waals surface area (Å²) in [7, 11) is 1.89. The van der Waals surface area contributed by atoms with E-state index < -0.39 is 5.54 Å². The zero-order chi connectivity index (χ0) is 23.0. The zero-order valence-corrected chi connectivity index (χ0v) is 19.3.